The number of ether oxygens (including phenoxy) is 2. The monoisotopic (exact) mass is 420 g/mol. The summed E-state index contributed by atoms with van der Waals surface area (Å²) in [6.07, 6.45) is -3.11. The van der Waals surface area contributed by atoms with Crippen LogP contribution in [0.1, 0.15) is 41.6 Å². The lowest BCUT2D eigenvalue weighted by molar-refractivity contribution is -0.281. The molecule has 7 heteroatoms. The molecule has 2 aromatic carbocycles. The second kappa shape index (κ2) is 8.21. The van der Waals surface area contributed by atoms with Crippen molar-refractivity contribution in [3.63, 3.8) is 0 Å². The van der Waals surface area contributed by atoms with Crippen LogP contribution in [0.5, 0.6) is 5.75 Å². The highest BCUT2D eigenvalue weighted by Crippen LogP contribution is 2.46. The standard InChI is InChI=1S/C23H27F3N2O2/c1-22(23(24,25)26)18-12-17(20(29-2)13-16(18)9-11-30-22)14-28-19-8-10-27-21(19)15-6-4-3-5-7-15/h3-7,12-13,19,21,27-28H,8-11,14H2,1-2H3/t19-,21-,22+/m0/s1. The first-order valence-electron chi connectivity index (χ1n) is 10.3. The third kappa shape index (κ3) is 3.82. The van der Waals surface area contributed by atoms with Gasteiger partial charge < -0.3 is 20.1 Å². The molecule has 0 radical (unpaired) electrons. The quantitative estimate of drug-likeness (QED) is 0.760. The van der Waals surface area contributed by atoms with Gasteiger partial charge in [0, 0.05) is 24.2 Å². The Hall–Kier alpha value is -2.09. The molecular formula is C23H27F3N2O2. The van der Waals surface area contributed by atoms with Gasteiger partial charge in [-0.1, -0.05) is 30.3 Å². The predicted octanol–water partition coefficient (Wildman–Crippen LogP) is 4.24. The van der Waals surface area contributed by atoms with E-state index in [1.807, 2.05) is 18.2 Å². The van der Waals surface area contributed by atoms with Crippen LogP contribution in [0, 0.1) is 0 Å². The van der Waals surface area contributed by atoms with Crippen LogP contribution in [0.25, 0.3) is 0 Å². The van der Waals surface area contributed by atoms with Crippen LogP contribution in [0.3, 0.4) is 0 Å². The number of methoxy groups -OCH3 is 1. The third-order valence-electron chi connectivity index (χ3n) is 6.26. The van der Waals surface area contributed by atoms with Crippen LogP contribution >= 0.6 is 0 Å². The second-order valence-electron chi connectivity index (χ2n) is 8.07. The summed E-state index contributed by atoms with van der Waals surface area (Å²) < 4.78 is 52.2. The molecular weight excluding hydrogens is 393 g/mol. The van der Waals surface area contributed by atoms with Crippen molar-refractivity contribution >= 4 is 0 Å². The number of halogens is 3. The van der Waals surface area contributed by atoms with Gasteiger partial charge in [0.2, 0.25) is 0 Å². The number of hydrogen-bond donors (Lipinski definition) is 2. The van der Waals surface area contributed by atoms with Crippen LogP contribution in [0.4, 0.5) is 13.2 Å². The van der Waals surface area contributed by atoms with Crippen LogP contribution in [0.15, 0.2) is 42.5 Å². The minimum atomic E-state index is -4.49. The molecule has 0 unspecified atom stereocenters. The van der Waals surface area contributed by atoms with E-state index in [0.29, 0.717) is 29.8 Å². The highest BCUT2D eigenvalue weighted by molar-refractivity contribution is 5.47. The van der Waals surface area contributed by atoms with Gasteiger partial charge in [-0.05, 0) is 55.1 Å². The highest BCUT2D eigenvalue weighted by Gasteiger charge is 2.55. The third-order valence-corrected chi connectivity index (χ3v) is 6.26. The molecule has 0 aliphatic carbocycles. The molecule has 2 N–H and O–H groups in total. The molecule has 3 atom stereocenters. The first-order chi connectivity index (χ1) is 14.3. The molecule has 0 amide bonds. The predicted molar refractivity (Wildman–Crippen MR) is 108 cm³/mol. The van der Waals surface area contributed by atoms with E-state index in [4.69, 9.17) is 9.47 Å². The largest absolute Gasteiger partial charge is 0.496 e. The fourth-order valence-corrected chi connectivity index (χ4v) is 4.50. The van der Waals surface area contributed by atoms with Crippen LogP contribution in [-0.2, 0) is 23.3 Å². The molecule has 4 nitrogen and oxygen atoms in total. The Balaban J connectivity index is 1.59. The van der Waals surface area contributed by atoms with Crippen molar-refractivity contribution in [2.24, 2.45) is 0 Å². The summed E-state index contributed by atoms with van der Waals surface area (Å²) in [4.78, 5) is 0. The van der Waals surface area contributed by atoms with Crippen LogP contribution in [0.2, 0.25) is 0 Å². The number of fused-ring (bicyclic) bond motifs is 1. The lowest BCUT2D eigenvalue weighted by Gasteiger charge is -2.38. The highest BCUT2D eigenvalue weighted by atomic mass is 19.4. The Bertz CT molecular complexity index is 888. The number of hydrogen-bond acceptors (Lipinski definition) is 4. The molecule has 0 bridgehead atoms. The zero-order valence-corrected chi connectivity index (χ0v) is 17.2. The van der Waals surface area contributed by atoms with Gasteiger partial charge in [0.15, 0.2) is 5.60 Å². The second-order valence-corrected chi connectivity index (χ2v) is 8.07. The van der Waals surface area contributed by atoms with Crippen LogP contribution in [-0.4, -0.2) is 32.5 Å². The van der Waals surface area contributed by atoms with Gasteiger partial charge in [0.25, 0.3) is 0 Å². The fourth-order valence-electron chi connectivity index (χ4n) is 4.50. The molecule has 2 heterocycles. The van der Waals surface area contributed by atoms with Crippen molar-refractivity contribution < 1.29 is 22.6 Å². The van der Waals surface area contributed by atoms with E-state index in [9.17, 15) is 13.2 Å². The first kappa shape index (κ1) is 21.2. The van der Waals surface area contributed by atoms with Gasteiger partial charge in [0.05, 0.1) is 13.7 Å². The van der Waals surface area contributed by atoms with Crippen molar-refractivity contribution in [3.8, 4) is 5.75 Å². The van der Waals surface area contributed by atoms with Crippen molar-refractivity contribution in [2.75, 3.05) is 20.3 Å². The van der Waals surface area contributed by atoms with E-state index < -0.39 is 11.8 Å². The minimum Gasteiger partial charge on any atom is -0.496 e. The zero-order chi connectivity index (χ0) is 21.4. The number of alkyl halides is 3. The molecule has 1 saturated heterocycles. The van der Waals surface area contributed by atoms with Gasteiger partial charge in [-0.2, -0.15) is 13.2 Å². The van der Waals surface area contributed by atoms with Gasteiger partial charge in [-0.25, -0.2) is 0 Å². The van der Waals surface area contributed by atoms with Gasteiger partial charge in [-0.15, -0.1) is 0 Å². The van der Waals surface area contributed by atoms with Crippen molar-refractivity contribution in [2.45, 2.75) is 50.2 Å². The Kier molecular flexibility index (Phi) is 5.79. The summed E-state index contributed by atoms with van der Waals surface area (Å²) in [5.74, 6) is 0.606. The number of rotatable bonds is 5. The molecule has 4 rings (SSSR count). The van der Waals surface area contributed by atoms with Crippen molar-refractivity contribution in [1.29, 1.82) is 0 Å². The lowest BCUT2D eigenvalue weighted by Crippen LogP contribution is -2.45. The van der Waals surface area contributed by atoms with Crippen molar-refractivity contribution in [1.82, 2.24) is 10.6 Å². The van der Waals surface area contributed by atoms with E-state index in [-0.39, 0.29) is 24.3 Å². The molecule has 2 aliphatic rings. The summed E-state index contributed by atoms with van der Waals surface area (Å²) >= 11 is 0. The lowest BCUT2D eigenvalue weighted by atomic mass is 9.85. The maximum Gasteiger partial charge on any atom is 0.421 e. The Labute approximate surface area is 174 Å². The summed E-state index contributed by atoms with van der Waals surface area (Å²) in [5, 5.41) is 7.04. The Morgan fingerprint density at radius 1 is 1.23 bits per heavy atom. The zero-order valence-electron chi connectivity index (χ0n) is 17.2. The average Bonchev–Trinajstić information content (AvgIpc) is 3.20. The van der Waals surface area contributed by atoms with E-state index in [0.717, 1.165) is 19.9 Å². The fraction of sp³-hybridized carbons (Fsp3) is 0.478. The topological polar surface area (TPSA) is 42.5 Å². The number of benzene rings is 2. The first-order valence-corrected chi connectivity index (χ1v) is 10.3. The Morgan fingerprint density at radius 3 is 2.70 bits per heavy atom. The number of nitrogens with one attached hydrogen (secondary N) is 2. The maximum absolute atomic E-state index is 13.8. The van der Waals surface area contributed by atoms with Crippen molar-refractivity contribution in [3.05, 3.63) is 64.7 Å². The summed E-state index contributed by atoms with van der Waals surface area (Å²) in [6.45, 7) is 2.45. The smallest absolute Gasteiger partial charge is 0.421 e. The van der Waals surface area contributed by atoms with Gasteiger partial charge in [0.1, 0.15) is 5.75 Å². The summed E-state index contributed by atoms with van der Waals surface area (Å²) in [7, 11) is 1.55. The molecule has 162 valence electrons. The normalized spacial score (nSPS) is 26.4. The molecule has 0 aromatic heterocycles. The maximum atomic E-state index is 13.8. The minimum absolute atomic E-state index is 0.0380. The molecule has 1 fully saturated rings. The molecule has 0 saturated carbocycles. The summed E-state index contributed by atoms with van der Waals surface area (Å²) in [5.41, 5.74) is 0.413. The van der Waals surface area contributed by atoms with Gasteiger partial charge in [-0.3, -0.25) is 0 Å². The van der Waals surface area contributed by atoms with E-state index in [2.05, 4.69) is 22.8 Å². The molecule has 30 heavy (non-hydrogen) atoms. The summed E-state index contributed by atoms with van der Waals surface area (Å²) in [6, 6.07) is 13.9. The molecule has 2 aliphatic heterocycles. The van der Waals surface area contributed by atoms with Crippen LogP contribution < -0.4 is 15.4 Å². The van der Waals surface area contributed by atoms with E-state index in [1.54, 1.807) is 19.2 Å². The molecule has 0 spiro atoms. The average molecular weight is 420 g/mol. The SMILES string of the molecule is COc1cc2c(cc1CN[C@H]1CCN[C@H]1c1ccccc1)[C@](C)(C(F)(F)F)OCC2. The van der Waals surface area contributed by atoms with E-state index in [1.165, 1.54) is 5.56 Å². The molecule has 2 aromatic rings. The Morgan fingerprint density at radius 2 is 2.00 bits per heavy atom. The van der Waals surface area contributed by atoms with E-state index >= 15 is 0 Å². The van der Waals surface area contributed by atoms with Gasteiger partial charge >= 0.3 is 6.18 Å².